The lowest BCUT2D eigenvalue weighted by Gasteiger charge is -2.23. The van der Waals surface area contributed by atoms with Crippen LogP contribution in [0.25, 0.3) is 11.3 Å². The fraction of sp³-hybridized carbons (Fsp3) is 0.389. The summed E-state index contributed by atoms with van der Waals surface area (Å²) >= 11 is 1.34. The molecule has 0 unspecified atom stereocenters. The monoisotopic (exact) mass is 344 g/mol. The molecule has 0 radical (unpaired) electrons. The van der Waals surface area contributed by atoms with Crippen molar-refractivity contribution in [2.75, 3.05) is 11.9 Å². The Balaban J connectivity index is 1.84. The SMILES string of the molecule is CCOC(=O)Cc1sc(NC(=O)C2CCC2)nc1-c1ccccc1. The number of nitrogens with one attached hydrogen (secondary N) is 1. The molecule has 0 spiro atoms. The fourth-order valence-electron chi connectivity index (χ4n) is 2.57. The van der Waals surface area contributed by atoms with Gasteiger partial charge in [-0.1, -0.05) is 36.8 Å². The lowest BCUT2D eigenvalue weighted by atomic mass is 9.85. The number of carbonyl (C=O) groups is 2. The second-order valence-corrected chi connectivity index (χ2v) is 6.84. The summed E-state index contributed by atoms with van der Waals surface area (Å²) in [6, 6.07) is 9.67. The largest absolute Gasteiger partial charge is 0.466 e. The van der Waals surface area contributed by atoms with Crippen molar-refractivity contribution in [3.05, 3.63) is 35.2 Å². The van der Waals surface area contributed by atoms with Gasteiger partial charge in [-0.3, -0.25) is 9.59 Å². The number of hydrogen-bond donors (Lipinski definition) is 1. The number of ether oxygens (including phenoxy) is 1. The van der Waals surface area contributed by atoms with Crippen molar-refractivity contribution in [3.8, 4) is 11.3 Å². The zero-order valence-electron chi connectivity index (χ0n) is 13.6. The smallest absolute Gasteiger partial charge is 0.311 e. The summed E-state index contributed by atoms with van der Waals surface area (Å²) in [4.78, 5) is 29.4. The van der Waals surface area contributed by atoms with Crippen LogP contribution in [0, 0.1) is 5.92 Å². The summed E-state index contributed by atoms with van der Waals surface area (Å²) in [5, 5.41) is 3.44. The van der Waals surface area contributed by atoms with Crippen molar-refractivity contribution < 1.29 is 14.3 Å². The topological polar surface area (TPSA) is 68.3 Å². The molecule has 0 aliphatic heterocycles. The number of esters is 1. The summed E-state index contributed by atoms with van der Waals surface area (Å²) in [5.41, 5.74) is 1.66. The fourth-order valence-corrected chi connectivity index (χ4v) is 3.54. The molecular weight excluding hydrogens is 324 g/mol. The number of carbonyl (C=O) groups excluding carboxylic acids is 2. The maximum Gasteiger partial charge on any atom is 0.311 e. The molecule has 1 aromatic carbocycles. The molecule has 1 aliphatic rings. The number of anilines is 1. The Morgan fingerprint density at radius 3 is 2.67 bits per heavy atom. The Morgan fingerprint density at radius 2 is 2.04 bits per heavy atom. The van der Waals surface area contributed by atoms with Gasteiger partial charge in [0.25, 0.3) is 0 Å². The van der Waals surface area contributed by atoms with Crippen molar-refractivity contribution >= 4 is 28.3 Å². The van der Waals surface area contributed by atoms with E-state index in [2.05, 4.69) is 10.3 Å². The highest BCUT2D eigenvalue weighted by molar-refractivity contribution is 7.16. The summed E-state index contributed by atoms with van der Waals surface area (Å²) < 4.78 is 5.04. The summed E-state index contributed by atoms with van der Waals surface area (Å²) in [6.45, 7) is 2.14. The molecule has 5 nitrogen and oxygen atoms in total. The van der Waals surface area contributed by atoms with E-state index in [1.54, 1.807) is 6.92 Å². The molecule has 1 N–H and O–H groups in total. The van der Waals surface area contributed by atoms with E-state index in [0.717, 1.165) is 35.4 Å². The zero-order chi connectivity index (χ0) is 16.9. The number of rotatable bonds is 6. The van der Waals surface area contributed by atoms with Gasteiger partial charge in [0, 0.05) is 16.4 Å². The Bertz CT molecular complexity index is 723. The molecule has 24 heavy (non-hydrogen) atoms. The normalized spacial score (nSPS) is 14.0. The molecule has 1 aromatic heterocycles. The predicted molar refractivity (Wildman–Crippen MR) is 93.9 cm³/mol. The van der Waals surface area contributed by atoms with Crippen LogP contribution in [0.4, 0.5) is 5.13 Å². The highest BCUT2D eigenvalue weighted by atomic mass is 32.1. The van der Waals surface area contributed by atoms with E-state index in [4.69, 9.17) is 4.74 Å². The summed E-state index contributed by atoms with van der Waals surface area (Å²) in [7, 11) is 0. The maximum absolute atomic E-state index is 12.1. The van der Waals surface area contributed by atoms with Crippen LogP contribution in [0.1, 0.15) is 31.1 Å². The minimum absolute atomic E-state index is 0.0253. The molecule has 1 amide bonds. The highest BCUT2D eigenvalue weighted by Gasteiger charge is 2.26. The molecule has 0 bridgehead atoms. The van der Waals surface area contributed by atoms with Crippen LogP contribution in [-0.2, 0) is 20.7 Å². The molecule has 3 rings (SSSR count). The predicted octanol–water partition coefficient (Wildman–Crippen LogP) is 3.65. The lowest BCUT2D eigenvalue weighted by Crippen LogP contribution is -2.27. The highest BCUT2D eigenvalue weighted by Crippen LogP contribution is 2.33. The average molecular weight is 344 g/mol. The number of aromatic nitrogens is 1. The summed E-state index contributed by atoms with van der Waals surface area (Å²) in [6.07, 6.45) is 3.16. The third-order valence-electron chi connectivity index (χ3n) is 4.06. The molecule has 2 aromatic rings. The number of thiazole rings is 1. The van der Waals surface area contributed by atoms with E-state index < -0.39 is 0 Å². The van der Waals surface area contributed by atoms with Crippen molar-refractivity contribution in [2.24, 2.45) is 5.92 Å². The van der Waals surface area contributed by atoms with Crippen LogP contribution in [0.2, 0.25) is 0 Å². The standard InChI is InChI=1S/C18H20N2O3S/c1-2-23-15(21)11-14-16(12-7-4-3-5-8-12)19-18(24-14)20-17(22)13-9-6-10-13/h3-5,7-8,13H,2,6,9-11H2,1H3,(H,19,20,22). The van der Waals surface area contributed by atoms with Gasteiger partial charge in [-0.2, -0.15) is 0 Å². The minimum Gasteiger partial charge on any atom is -0.466 e. The van der Waals surface area contributed by atoms with Gasteiger partial charge < -0.3 is 10.1 Å². The average Bonchev–Trinajstić information content (AvgIpc) is 2.88. The first-order chi connectivity index (χ1) is 11.7. The van der Waals surface area contributed by atoms with Crippen LogP contribution in [0.5, 0.6) is 0 Å². The molecular formula is C18H20N2O3S. The van der Waals surface area contributed by atoms with Gasteiger partial charge in [-0.15, -0.1) is 11.3 Å². The second-order valence-electron chi connectivity index (χ2n) is 5.76. The van der Waals surface area contributed by atoms with Crippen LogP contribution < -0.4 is 5.32 Å². The van der Waals surface area contributed by atoms with Crippen LogP contribution >= 0.6 is 11.3 Å². The molecule has 6 heteroatoms. The van der Waals surface area contributed by atoms with Gasteiger partial charge in [0.2, 0.25) is 5.91 Å². The third kappa shape index (κ3) is 3.82. The van der Waals surface area contributed by atoms with Crippen molar-refractivity contribution in [1.82, 2.24) is 4.98 Å². The maximum atomic E-state index is 12.1. The first-order valence-electron chi connectivity index (χ1n) is 8.19. The van der Waals surface area contributed by atoms with Crippen molar-refractivity contribution in [1.29, 1.82) is 0 Å². The Hall–Kier alpha value is -2.21. The molecule has 1 saturated carbocycles. The van der Waals surface area contributed by atoms with Gasteiger partial charge >= 0.3 is 5.97 Å². The first-order valence-corrected chi connectivity index (χ1v) is 9.00. The van der Waals surface area contributed by atoms with Gasteiger partial charge in [-0.25, -0.2) is 4.98 Å². The van der Waals surface area contributed by atoms with Gasteiger partial charge in [0.15, 0.2) is 5.13 Å². The number of hydrogen-bond acceptors (Lipinski definition) is 5. The lowest BCUT2D eigenvalue weighted by molar-refractivity contribution is -0.142. The second kappa shape index (κ2) is 7.57. The Kier molecular flexibility index (Phi) is 5.25. The van der Waals surface area contributed by atoms with Crippen molar-refractivity contribution in [3.63, 3.8) is 0 Å². The quantitative estimate of drug-likeness (QED) is 0.812. The van der Waals surface area contributed by atoms with Gasteiger partial charge in [0.05, 0.1) is 18.7 Å². The summed E-state index contributed by atoms with van der Waals surface area (Å²) in [5.74, 6) is -0.157. The third-order valence-corrected chi connectivity index (χ3v) is 5.03. The molecule has 0 saturated heterocycles. The van der Waals surface area contributed by atoms with Crippen LogP contribution in [0.3, 0.4) is 0 Å². The molecule has 1 fully saturated rings. The Morgan fingerprint density at radius 1 is 1.29 bits per heavy atom. The molecule has 1 heterocycles. The van der Waals surface area contributed by atoms with Gasteiger partial charge in [-0.05, 0) is 19.8 Å². The van der Waals surface area contributed by atoms with Gasteiger partial charge in [0.1, 0.15) is 0 Å². The van der Waals surface area contributed by atoms with Crippen LogP contribution in [0.15, 0.2) is 30.3 Å². The van der Waals surface area contributed by atoms with Crippen molar-refractivity contribution in [2.45, 2.75) is 32.6 Å². The van der Waals surface area contributed by atoms with Crippen LogP contribution in [-0.4, -0.2) is 23.5 Å². The number of amides is 1. The van der Waals surface area contributed by atoms with E-state index in [9.17, 15) is 9.59 Å². The van der Waals surface area contributed by atoms with E-state index in [-0.39, 0.29) is 24.2 Å². The van der Waals surface area contributed by atoms with E-state index in [1.807, 2.05) is 30.3 Å². The van der Waals surface area contributed by atoms with E-state index >= 15 is 0 Å². The van der Waals surface area contributed by atoms with E-state index in [1.165, 1.54) is 11.3 Å². The minimum atomic E-state index is -0.282. The Labute approximate surface area is 145 Å². The number of benzene rings is 1. The first kappa shape index (κ1) is 16.6. The molecule has 126 valence electrons. The number of nitrogens with zero attached hydrogens (tertiary/aromatic N) is 1. The molecule has 0 atom stereocenters. The zero-order valence-corrected chi connectivity index (χ0v) is 14.4. The molecule has 1 aliphatic carbocycles. The van der Waals surface area contributed by atoms with E-state index in [0.29, 0.717) is 11.7 Å².